The predicted octanol–water partition coefficient (Wildman–Crippen LogP) is 5.65. The van der Waals surface area contributed by atoms with Crippen molar-refractivity contribution in [2.45, 2.75) is 32.1 Å². The van der Waals surface area contributed by atoms with Crippen LogP contribution in [0.4, 0.5) is 11.4 Å². The Morgan fingerprint density at radius 3 is 2.42 bits per heavy atom. The zero-order chi connectivity index (χ0) is 26.5. The van der Waals surface area contributed by atoms with Crippen LogP contribution in [0.3, 0.4) is 0 Å². The first kappa shape index (κ1) is 25.8. The third-order valence-corrected chi connectivity index (χ3v) is 7.49. The van der Waals surface area contributed by atoms with Gasteiger partial charge >= 0.3 is 0 Å². The number of amides is 1. The number of nitrogens with zero attached hydrogens (tertiary/aromatic N) is 1. The highest BCUT2D eigenvalue weighted by molar-refractivity contribution is 6.12. The Morgan fingerprint density at radius 2 is 1.68 bits per heavy atom. The average Bonchev–Trinajstić information content (AvgIpc) is 3.35. The molecule has 3 aromatic rings. The summed E-state index contributed by atoms with van der Waals surface area (Å²) in [5.74, 6) is 1.05. The summed E-state index contributed by atoms with van der Waals surface area (Å²) in [4.78, 5) is 28.5. The van der Waals surface area contributed by atoms with E-state index < -0.39 is 0 Å². The average molecular weight is 514 g/mol. The fourth-order valence-electron chi connectivity index (χ4n) is 5.52. The number of hydrogen-bond acceptors (Lipinski definition) is 6. The van der Waals surface area contributed by atoms with Gasteiger partial charge in [-0.1, -0.05) is 24.6 Å². The highest BCUT2D eigenvalue weighted by Gasteiger charge is 2.28. The normalized spacial score (nSPS) is 15.2. The first-order chi connectivity index (χ1) is 18.6. The molecule has 0 saturated carbocycles. The van der Waals surface area contributed by atoms with Crippen LogP contribution < -0.4 is 20.1 Å². The van der Waals surface area contributed by atoms with Gasteiger partial charge in [0.2, 0.25) is 0 Å². The van der Waals surface area contributed by atoms with E-state index in [2.05, 4.69) is 15.5 Å². The smallest absolute Gasteiger partial charge is 0.255 e. The summed E-state index contributed by atoms with van der Waals surface area (Å²) in [6, 6.07) is 17.0. The third kappa shape index (κ3) is 5.38. The third-order valence-electron chi connectivity index (χ3n) is 7.49. The van der Waals surface area contributed by atoms with E-state index in [-0.39, 0.29) is 11.7 Å². The van der Waals surface area contributed by atoms with Crippen LogP contribution in [0.1, 0.15) is 52.0 Å². The first-order valence-corrected chi connectivity index (χ1v) is 13.4. The second-order valence-electron chi connectivity index (χ2n) is 9.84. The summed E-state index contributed by atoms with van der Waals surface area (Å²) in [6.45, 7) is 4.27. The van der Waals surface area contributed by atoms with Crippen LogP contribution in [0, 0.1) is 0 Å². The van der Waals surface area contributed by atoms with E-state index in [0.717, 1.165) is 35.5 Å². The monoisotopic (exact) mass is 513 g/mol. The molecule has 0 bridgehead atoms. The lowest BCUT2D eigenvalue weighted by Gasteiger charge is -2.26. The van der Waals surface area contributed by atoms with E-state index in [4.69, 9.17) is 9.47 Å². The van der Waals surface area contributed by atoms with Gasteiger partial charge in [-0.05, 0) is 79.9 Å². The van der Waals surface area contributed by atoms with E-state index in [1.54, 1.807) is 14.2 Å². The van der Waals surface area contributed by atoms with Crippen molar-refractivity contribution in [2.24, 2.45) is 0 Å². The van der Waals surface area contributed by atoms with Crippen molar-refractivity contribution < 1.29 is 19.1 Å². The van der Waals surface area contributed by atoms with Crippen molar-refractivity contribution in [3.63, 3.8) is 0 Å². The number of nitrogens with one attached hydrogen (secondary N) is 2. The number of methoxy groups -OCH3 is 2. The number of fused-ring (bicyclic) bond motifs is 1. The summed E-state index contributed by atoms with van der Waals surface area (Å²) in [6.07, 6.45) is 4.95. The standard InChI is InChI=1S/C31H35N3O4/c1-37-28-8-6-7-25(30(28)38-2)23-13-15-26(29-24(23)14-16-27(29)35)33-31(36)21-9-11-22(12-10-21)32-17-20-34-18-4-3-5-19-34/h6-13,15,32H,3-5,14,16-20H2,1-2H3,(H,33,36). The van der Waals surface area contributed by atoms with Gasteiger partial charge in [0.1, 0.15) is 0 Å². The SMILES string of the molecule is COc1cccc(-c2ccc(NC(=O)c3ccc(NCCN4CCCCC4)cc3)c3c2CCC3=O)c1OC. The molecule has 0 aromatic heterocycles. The Hall–Kier alpha value is -3.84. The predicted molar refractivity (Wildman–Crippen MR) is 151 cm³/mol. The van der Waals surface area contributed by atoms with Crippen molar-refractivity contribution >= 4 is 23.1 Å². The lowest BCUT2D eigenvalue weighted by molar-refractivity contribution is 0.0995. The van der Waals surface area contributed by atoms with Gasteiger partial charge in [-0.25, -0.2) is 0 Å². The minimum absolute atomic E-state index is 0.0345. The number of rotatable bonds is 9. The summed E-state index contributed by atoms with van der Waals surface area (Å²) in [7, 11) is 3.21. The molecule has 2 N–H and O–H groups in total. The van der Waals surface area contributed by atoms with E-state index in [1.807, 2.05) is 54.6 Å². The fraction of sp³-hybridized carbons (Fsp3) is 0.355. The summed E-state index contributed by atoms with van der Waals surface area (Å²) >= 11 is 0. The maximum absolute atomic E-state index is 13.1. The maximum Gasteiger partial charge on any atom is 0.255 e. The van der Waals surface area contributed by atoms with Gasteiger partial charge in [-0.2, -0.15) is 0 Å². The lowest BCUT2D eigenvalue weighted by atomic mass is 9.94. The van der Waals surface area contributed by atoms with Crippen LogP contribution in [0.15, 0.2) is 54.6 Å². The van der Waals surface area contributed by atoms with Crippen molar-refractivity contribution in [3.8, 4) is 22.6 Å². The number of para-hydroxylation sites is 1. The number of anilines is 2. The highest BCUT2D eigenvalue weighted by Crippen LogP contribution is 2.43. The molecule has 7 heteroatoms. The fourth-order valence-corrected chi connectivity index (χ4v) is 5.52. The van der Waals surface area contributed by atoms with Crippen LogP contribution in [-0.4, -0.2) is 57.0 Å². The van der Waals surface area contributed by atoms with Crippen molar-refractivity contribution in [2.75, 3.05) is 51.0 Å². The van der Waals surface area contributed by atoms with Crippen LogP contribution in [0.5, 0.6) is 11.5 Å². The molecule has 0 spiro atoms. The van der Waals surface area contributed by atoms with Crippen LogP contribution in [0.25, 0.3) is 11.1 Å². The zero-order valence-corrected chi connectivity index (χ0v) is 22.1. The van der Waals surface area contributed by atoms with Crippen LogP contribution in [-0.2, 0) is 6.42 Å². The highest BCUT2D eigenvalue weighted by atomic mass is 16.5. The van der Waals surface area contributed by atoms with Crippen molar-refractivity contribution in [1.29, 1.82) is 0 Å². The van der Waals surface area contributed by atoms with Crippen LogP contribution >= 0.6 is 0 Å². The minimum Gasteiger partial charge on any atom is -0.493 e. The van der Waals surface area contributed by atoms with Gasteiger partial charge in [-0.15, -0.1) is 0 Å². The number of ketones is 1. The van der Waals surface area contributed by atoms with Crippen LogP contribution in [0.2, 0.25) is 0 Å². The molecule has 1 aliphatic heterocycles. The Kier molecular flexibility index (Phi) is 7.94. The van der Waals surface area contributed by atoms with Gasteiger partial charge in [0.15, 0.2) is 17.3 Å². The maximum atomic E-state index is 13.1. The molecular formula is C31H35N3O4. The van der Waals surface area contributed by atoms with Gasteiger partial charge in [0.05, 0.1) is 19.9 Å². The number of hydrogen-bond donors (Lipinski definition) is 2. The molecule has 1 fully saturated rings. The summed E-state index contributed by atoms with van der Waals surface area (Å²) in [5.41, 5.74) is 5.36. The Balaban J connectivity index is 1.30. The molecule has 1 saturated heterocycles. The molecule has 3 aromatic carbocycles. The number of piperidine rings is 1. The molecule has 5 rings (SSSR count). The largest absolute Gasteiger partial charge is 0.493 e. The summed E-state index contributed by atoms with van der Waals surface area (Å²) < 4.78 is 11.1. The summed E-state index contributed by atoms with van der Waals surface area (Å²) in [5, 5.41) is 6.43. The molecule has 2 aliphatic rings. The first-order valence-electron chi connectivity index (χ1n) is 13.4. The quantitative estimate of drug-likeness (QED) is 0.385. The van der Waals surface area contributed by atoms with E-state index >= 15 is 0 Å². The molecule has 38 heavy (non-hydrogen) atoms. The molecule has 198 valence electrons. The molecule has 1 heterocycles. The molecule has 7 nitrogen and oxygen atoms in total. The molecule has 0 atom stereocenters. The molecule has 0 radical (unpaired) electrons. The van der Waals surface area contributed by atoms with Crippen molar-refractivity contribution in [1.82, 2.24) is 4.90 Å². The lowest BCUT2D eigenvalue weighted by Crippen LogP contribution is -2.33. The number of carbonyl (C=O) groups is 2. The van der Waals surface area contributed by atoms with E-state index in [1.165, 1.54) is 32.4 Å². The second kappa shape index (κ2) is 11.7. The van der Waals surface area contributed by atoms with Crippen molar-refractivity contribution in [3.05, 3.63) is 71.3 Å². The zero-order valence-electron chi connectivity index (χ0n) is 22.1. The second-order valence-corrected chi connectivity index (χ2v) is 9.84. The Morgan fingerprint density at radius 1 is 0.895 bits per heavy atom. The Bertz CT molecular complexity index is 1310. The van der Waals surface area contributed by atoms with Gasteiger partial charge in [0.25, 0.3) is 5.91 Å². The topological polar surface area (TPSA) is 79.9 Å². The molecular weight excluding hydrogens is 478 g/mol. The number of Topliss-reactive ketones (excluding diaryl/α,β-unsaturated/α-hetero) is 1. The van der Waals surface area contributed by atoms with Gasteiger partial charge < -0.3 is 25.0 Å². The number of benzene rings is 3. The molecule has 1 amide bonds. The minimum atomic E-state index is -0.238. The molecule has 0 unspecified atom stereocenters. The van der Waals surface area contributed by atoms with E-state index in [9.17, 15) is 9.59 Å². The number of likely N-dealkylation sites (tertiary alicyclic amines) is 1. The molecule has 1 aliphatic carbocycles. The van der Waals surface area contributed by atoms with Gasteiger partial charge in [0, 0.05) is 41.9 Å². The number of carbonyl (C=O) groups excluding carboxylic acids is 2. The number of ether oxygens (including phenoxy) is 2. The van der Waals surface area contributed by atoms with E-state index in [0.29, 0.717) is 41.2 Å². The van der Waals surface area contributed by atoms with Gasteiger partial charge in [-0.3, -0.25) is 9.59 Å². The Labute approximate surface area is 224 Å².